The van der Waals surface area contributed by atoms with E-state index < -0.39 is 0 Å². The second-order valence-electron chi connectivity index (χ2n) is 7.31. The number of nitrogens with one attached hydrogen (secondary N) is 1. The van der Waals surface area contributed by atoms with Crippen LogP contribution >= 0.6 is 11.8 Å². The predicted molar refractivity (Wildman–Crippen MR) is 107 cm³/mol. The molecule has 1 aromatic heterocycles. The number of thioether (sulfide) groups is 1. The summed E-state index contributed by atoms with van der Waals surface area (Å²) in [5, 5.41) is 12.4. The number of hydrogen-bond acceptors (Lipinski definition) is 6. The Bertz CT molecular complexity index is 818. The van der Waals surface area contributed by atoms with Gasteiger partial charge in [0.05, 0.1) is 5.75 Å². The zero-order chi connectivity index (χ0) is 19.3. The Labute approximate surface area is 169 Å². The fraction of sp³-hybridized carbons (Fsp3) is 0.550. The zero-order valence-electron chi connectivity index (χ0n) is 16.1. The van der Waals surface area contributed by atoms with Crippen molar-refractivity contribution in [3.05, 3.63) is 30.1 Å². The maximum atomic E-state index is 12.3. The molecule has 1 N–H and O–H groups in total. The number of aromatic nitrogens is 3. The van der Waals surface area contributed by atoms with Crippen LogP contribution in [0.3, 0.4) is 0 Å². The Morgan fingerprint density at radius 2 is 1.93 bits per heavy atom. The van der Waals surface area contributed by atoms with E-state index in [1.807, 2.05) is 35.9 Å². The first-order valence-electron chi connectivity index (χ1n) is 9.90. The van der Waals surface area contributed by atoms with Gasteiger partial charge in [0.25, 0.3) is 0 Å². The van der Waals surface area contributed by atoms with Crippen LogP contribution in [0.2, 0.25) is 0 Å². The number of amides is 1. The van der Waals surface area contributed by atoms with E-state index >= 15 is 0 Å². The van der Waals surface area contributed by atoms with Crippen molar-refractivity contribution in [2.24, 2.45) is 7.05 Å². The minimum Gasteiger partial charge on any atom is -0.485 e. The van der Waals surface area contributed by atoms with E-state index in [0.717, 1.165) is 18.6 Å². The highest BCUT2D eigenvalue weighted by Crippen LogP contribution is 2.35. The van der Waals surface area contributed by atoms with Gasteiger partial charge in [-0.2, -0.15) is 0 Å². The standard InChI is InChI=1S/C20H26N4O3S/c1-24-19(17-12-26-15-10-6-7-11-16(15)27-17)22-23-20(24)28-13-18(25)21-14-8-4-2-3-5-9-14/h6-7,10-11,14,17H,2-5,8-9,12-13H2,1H3,(H,21,25)/t17-/m1/s1. The molecule has 1 amide bonds. The fourth-order valence-electron chi connectivity index (χ4n) is 3.70. The molecule has 1 aromatic carbocycles. The van der Waals surface area contributed by atoms with Crippen LogP contribution in [0.5, 0.6) is 11.5 Å². The number of fused-ring (bicyclic) bond motifs is 1. The highest BCUT2D eigenvalue weighted by molar-refractivity contribution is 7.99. The Kier molecular flexibility index (Phi) is 6.04. The van der Waals surface area contributed by atoms with E-state index in [-0.39, 0.29) is 12.0 Å². The lowest BCUT2D eigenvalue weighted by Crippen LogP contribution is -2.35. The summed E-state index contributed by atoms with van der Waals surface area (Å²) in [5.41, 5.74) is 0. The number of para-hydroxylation sites is 2. The van der Waals surface area contributed by atoms with Crippen molar-refractivity contribution in [3.8, 4) is 11.5 Å². The molecule has 4 rings (SSSR count). The maximum Gasteiger partial charge on any atom is 0.230 e. The number of carbonyl (C=O) groups is 1. The molecule has 0 spiro atoms. The number of benzene rings is 1. The van der Waals surface area contributed by atoms with Gasteiger partial charge in [-0.15, -0.1) is 10.2 Å². The predicted octanol–water partition coefficient (Wildman–Crippen LogP) is 3.26. The fourth-order valence-corrected chi connectivity index (χ4v) is 4.43. The molecular weight excluding hydrogens is 376 g/mol. The van der Waals surface area contributed by atoms with Gasteiger partial charge in [0.15, 0.2) is 28.6 Å². The van der Waals surface area contributed by atoms with Crippen LogP contribution in [0.25, 0.3) is 0 Å². The van der Waals surface area contributed by atoms with Crippen LogP contribution in [0, 0.1) is 0 Å². The molecule has 1 atom stereocenters. The van der Waals surface area contributed by atoms with E-state index in [1.165, 1.54) is 37.4 Å². The van der Waals surface area contributed by atoms with Crippen LogP contribution < -0.4 is 14.8 Å². The lowest BCUT2D eigenvalue weighted by atomic mass is 10.1. The molecular formula is C20H26N4O3S. The van der Waals surface area contributed by atoms with Gasteiger partial charge in [0, 0.05) is 13.1 Å². The summed E-state index contributed by atoms with van der Waals surface area (Å²) in [6.45, 7) is 0.385. The van der Waals surface area contributed by atoms with Crippen LogP contribution in [0.4, 0.5) is 0 Å². The molecule has 150 valence electrons. The third kappa shape index (κ3) is 4.43. The molecule has 8 heteroatoms. The van der Waals surface area contributed by atoms with Gasteiger partial charge in [-0.3, -0.25) is 4.79 Å². The van der Waals surface area contributed by atoms with Crippen LogP contribution in [-0.4, -0.2) is 39.1 Å². The first-order chi connectivity index (χ1) is 13.7. The zero-order valence-corrected chi connectivity index (χ0v) is 16.9. The topological polar surface area (TPSA) is 78.3 Å². The first kappa shape index (κ1) is 19.1. The van der Waals surface area contributed by atoms with Crippen LogP contribution in [0.15, 0.2) is 29.4 Å². The van der Waals surface area contributed by atoms with Crippen molar-refractivity contribution in [2.45, 2.75) is 55.8 Å². The molecule has 0 saturated heterocycles. The lowest BCUT2D eigenvalue weighted by molar-refractivity contribution is -0.119. The van der Waals surface area contributed by atoms with E-state index in [4.69, 9.17) is 9.47 Å². The SMILES string of the molecule is Cn1c(SCC(=O)NC2CCCCCC2)nnc1[C@H]1COc2ccccc2O1. The molecule has 1 aliphatic heterocycles. The van der Waals surface area contributed by atoms with Crippen molar-refractivity contribution in [1.82, 2.24) is 20.1 Å². The highest BCUT2D eigenvalue weighted by atomic mass is 32.2. The van der Waals surface area contributed by atoms with Crippen LogP contribution in [0.1, 0.15) is 50.5 Å². The second kappa shape index (κ2) is 8.86. The van der Waals surface area contributed by atoms with Crippen molar-refractivity contribution in [2.75, 3.05) is 12.4 Å². The maximum absolute atomic E-state index is 12.3. The summed E-state index contributed by atoms with van der Waals surface area (Å²) in [6.07, 6.45) is 6.83. The summed E-state index contributed by atoms with van der Waals surface area (Å²) in [6, 6.07) is 7.91. The van der Waals surface area contributed by atoms with Gasteiger partial charge >= 0.3 is 0 Å². The quantitative estimate of drug-likeness (QED) is 0.611. The molecule has 1 aliphatic carbocycles. The molecule has 0 unspecified atom stereocenters. The molecule has 1 saturated carbocycles. The molecule has 2 aliphatic rings. The number of carbonyl (C=O) groups excluding carboxylic acids is 1. The largest absolute Gasteiger partial charge is 0.485 e. The molecule has 2 heterocycles. The van der Waals surface area contributed by atoms with Gasteiger partial charge < -0.3 is 19.4 Å². The molecule has 1 fully saturated rings. The Morgan fingerprint density at radius 1 is 1.18 bits per heavy atom. The van der Waals surface area contributed by atoms with Crippen molar-refractivity contribution in [1.29, 1.82) is 0 Å². The molecule has 0 bridgehead atoms. The number of hydrogen-bond donors (Lipinski definition) is 1. The minimum absolute atomic E-state index is 0.0626. The minimum atomic E-state index is -0.318. The average molecular weight is 403 g/mol. The van der Waals surface area contributed by atoms with Gasteiger partial charge in [-0.1, -0.05) is 49.6 Å². The van der Waals surface area contributed by atoms with Gasteiger partial charge in [-0.25, -0.2) is 0 Å². The Morgan fingerprint density at radius 3 is 2.71 bits per heavy atom. The smallest absolute Gasteiger partial charge is 0.230 e. The molecule has 28 heavy (non-hydrogen) atoms. The van der Waals surface area contributed by atoms with E-state index in [0.29, 0.717) is 35.1 Å². The van der Waals surface area contributed by atoms with E-state index in [1.54, 1.807) is 0 Å². The summed E-state index contributed by atoms with van der Waals surface area (Å²) in [5.74, 6) is 2.55. The summed E-state index contributed by atoms with van der Waals surface area (Å²) in [4.78, 5) is 12.3. The number of ether oxygens (including phenoxy) is 2. The van der Waals surface area contributed by atoms with Gasteiger partial charge in [0.2, 0.25) is 5.91 Å². The van der Waals surface area contributed by atoms with Crippen molar-refractivity contribution < 1.29 is 14.3 Å². The number of nitrogens with zero attached hydrogens (tertiary/aromatic N) is 3. The normalized spacial score (nSPS) is 19.8. The molecule has 2 aromatic rings. The Hall–Kier alpha value is -2.22. The summed E-state index contributed by atoms with van der Waals surface area (Å²) < 4.78 is 13.7. The third-order valence-corrected chi connectivity index (χ3v) is 6.24. The van der Waals surface area contributed by atoms with E-state index in [2.05, 4.69) is 15.5 Å². The van der Waals surface area contributed by atoms with Crippen LogP contribution in [-0.2, 0) is 11.8 Å². The molecule has 7 nitrogen and oxygen atoms in total. The van der Waals surface area contributed by atoms with Crippen molar-refractivity contribution >= 4 is 17.7 Å². The van der Waals surface area contributed by atoms with Gasteiger partial charge in [-0.05, 0) is 25.0 Å². The first-order valence-corrected chi connectivity index (χ1v) is 10.9. The Balaban J connectivity index is 1.33. The summed E-state index contributed by atoms with van der Waals surface area (Å²) >= 11 is 1.40. The van der Waals surface area contributed by atoms with Gasteiger partial charge in [0.1, 0.15) is 6.61 Å². The lowest BCUT2D eigenvalue weighted by Gasteiger charge is -2.25. The monoisotopic (exact) mass is 402 g/mol. The molecule has 0 radical (unpaired) electrons. The van der Waals surface area contributed by atoms with E-state index in [9.17, 15) is 4.79 Å². The van der Waals surface area contributed by atoms with Crippen molar-refractivity contribution in [3.63, 3.8) is 0 Å². The second-order valence-corrected chi connectivity index (χ2v) is 8.25. The number of rotatable bonds is 5. The average Bonchev–Trinajstić information content (AvgIpc) is 2.90. The third-order valence-electron chi connectivity index (χ3n) is 5.22. The summed E-state index contributed by atoms with van der Waals surface area (Å²) in [7, 11) is 1.89. The highest BCUT2D eigenvalue weighted by Gasteiger charge is 2.27.